The fourth-order valence-corrected chi connectivity index (χ4v) is 2.09. The van der Waals surface area contributed by atoms with Gasteiger partial charge in [-0.05, 0) is 24.6 Å². The lowest BCUT2D eigenvalue weighted by molar-refractivity contribution is 0.0600. The molecule has 16 heavy (non-hydrogen) atoms. The van der Waals surface area contributed by atoms with Crippen LogP contribution in [-0.4, -0.2) is 30.0 Å². The highest BCUT2D eigenvalue weighted by Gasteiger charge is 2.04. The van der Waals surface area contributed by atoms with Crippen molar-refractivity contribution in [1.29, 1.82) is 0 Å². The lowest BCUT2D eigenvalue weighted by atomic mass is 10.1. The fourth-order valence-electron chi connectivity index (χ4n) is 1.20. The van der Waals surface area contributed by atoms with Crippen molar-refractivity contribution < 1.29 is 14.6 Å². The van der Waals surface area contributed by atoms with Gasteiger partial charge >= 0.3 is 5.97 Å². The van der Waals surface area contributed by atoms with Crippen LogP contribution >= 0.6 is 11.8 Å². The number of carbonyl (C=O) groups is 1. The normalized spacial score (nSPS) is 12.2. The van der Waals surface area contributed by atoms with Crippen molar-refractivity contribution in [3.05, 3.63) is 35.4 Å². The molecule has 4 heteroatoms. The van der Waals surface area contributed by atoms with Gasteiger partial charge in [-0.15, -0.1) is 0 Å². The summed E-state index contributed by atoms with van der Waals surface area (Å²) in [5.74, 6) is 1.24. The number of thioether (sulfide) groups is 1. The Hall–Kier alpha value is -1.00. The van der Waals surface area contributed by atoms with Gasteiger partial charge in [-0.25, -0.2) is 4.79 Å². The minimum absolute atomic E-state index is 0.278. The van der Waals surface area contributed by atoms with Crippen LogP contribution < -0.4 is 0 Å². The van der Waals surface area contributed by atoms with Crippen LogP contribution in [0.2, 0.25) is 0 Å². The van der Waals surface area contributed by atoms with Crippen molar-refractivity contribution in [2.45, 2.75) is 18.8 Å². The molecule has 0 radical (unpaired) electrons. The second-order valence-corrected chi connectivity index (χ2v) is 4.58. The quantitative estimate of drug-likeness (QED) is 0.800. The van der Waals surface area contributed by atoms with Gasteiger partial charge in [-0.2, -0.15) is 11.8 Å². The van der Waals surface area contributed by atoms with Crippen molar-refractivity contribution in [1.82, 2.24) is 0 Å². The Labute approximate surface area is 99.8 Å². The van der Waals surface area contributed by atoms with Gasteiger partial charge in [0.25, 0.3) is 0 Å². The molecule has 0 spiro atoms. The molecule has 0 aliphatic heterocycles. The van der Waals surface area contributed by atoms with Crippen molar-refractivity contribution >= 4 is 17.7 Å². The number of ether oxygens (including phenoxy) is 1. The minimum atomic E-state index is -0.316. The Balaban J connectivity index is 2.48. The van der Waals surface area contributed by atoms with Crippen LogP contribution in [0.1, 0.15) is 22.8 Å². The topological polar surface area (TPSA) is 46.5 Å². The maximum atomic E-state index is 11.2. The number of aliphatic hydroxyl groups excluding tert-OH is 1. The van der Waals surface area contributed by atoms with E-state index in [1.165, 1.54) is 7.11 Å². The largest absolute Gasteiger partial charge is 0.465 e. The Morgan fingerprint density at radius 2 is 2.06 bits per heavy atom. The Bertz CT molecular complexity index is 333. The van der Waals surface area contributed by atoms with E-state index in [1.807, 2.05) is 12.1 Å². The summed E-state index contributed by atoms with van der Waals surface area (Å²) in [6.07, 6.45) is -0.278. The van der Waals surface area contributed by atoms with Crippen LogP contribution in [0.4, 0.5) is 0 Å². The van der Waals surface area contributed by atoms with Gasteiger partial charge < -0.3 is 9.84 Å². The Morgan fingerprint density at radius 3 is 2.56 bits per heavy atom. The fraction of sp³-hybridized carbons (Fsp3) is 0.417. The van der Waals surface area contributed by atoms with Gasteiger partial charge in [0, 0.05) is 11.5 Å². The molecule has 1 rings (SSSR count). The smallest absolute Gasteiger partial charge is 0.337 e. The third-order valence-corrected chi connectivity index (χ3v) is 3.26. The van der Waals surface area contributed by atoms with Crippen LogP contribution in [0.5, 0.6) is 0 Å². The van der Waals surface area contributed by atoms with Crippen LogP contribution in [0.25, 0.3) is 0 Å². The zero-order chi connectivity index (χ0) is 12.0. The first kappa shape index (κ1) is 13.1. The molecule has 0 aromatic heterocycles. The van der Waals surface area contributed by atoms with Crippen LogP contribution in [0.15, 0.2) is 24.3 Å². The maximum Gasteiger partial charge on any atom is 0.337 e. The number of hydrogen-bond donors (Lipinski definition) is 1. The SMILES string of the molecule is COC(=O)c1ccc(CSCC(C)O)cc1. The van der Waals surface area contributed by atoms with Gasteiger partial charge in [-0.3, -0.25) is 0 Å². The van der Waals surface area contributed by atoms with Gasteiger partial charge in [0.1, 0.15) is 0 Å². The lowest BCUT2D eigenvalue weighted by Crippen LogP contribution is -2.03. The molecule has 1 N–H and O–H groups in total. The molecular formula is C12H16O3S. The predicted octanol–water partition coefficient (Wildman–Crippen LogP) is 2.09. The summed E-state index contributed by atoms with van der Waals surface area (Å²) >= 11 is 1.67. The van der Waals surface area contributed by atoms with Crippen molar-refractivity contribution in [2.24, 2.45) is 0 Å². The summed E-state index contributed by atoms with van der Waals surface area (Å²) in [7, 11) is 1.37. The van der Waals surface area contributed by atoms with E-state index in [1.54, 1.807) is 30.8 Å². The first-order valence-electron chi connectivity index (χ1n) is 5.06. The highest BCUT2D eigenvalue weighted by atomic mass is 32.2. The second kappa shape index (κ2) is 6.55. The van der Waals surface area contributed by atoms with E-state index in [9.17, 15) is 4.79 Å². The van der Waals surface area contributed by atoms with Crippen LogP contribution in [-0.2, 0) is 10.5 Å². The summed E-state index contributed by atoms with van der Waals surface area (Å²) in [5.41, 5.74) is 1.70. The van der Waals surface area contributed by atoms with Crippen molar-refractivity contribution in [2.75, 3.05) is 12.9 Å². The number of aliphatic hydroxyl groups is 1. The first-order chi connectivity index (χ1) is 7.63. The third kappa shape index (κ3) is 4.24. The molecule has 1 aromatic rings. The lowest BCUT2D eigenvalue weighted by Gasteiger charge is -2.05. The summed E-state index contributed by atoms with van der Waals surface area (Å²) in [6, 6.07) is 7.32. The molecule has 0 bridgehead atoms. The molecule has 1 aromatic carbocycles. The Morgan fingerprint density at radius 1 is 1.44 bits per heavy atom. The number of carbonyl (C=O) groups excluding carboxylic acids is 1. The average Bonchev–Trinajstić information content (AvgIpc) is 2.28. The molecule has 3 nitrogen and oxygen atoms in total. The number of methoxy groups -OCH3 is 1. The van der Waals surface area contributed by atoms with Gasteiger partial charge in [0.2, 0.25) is 0 Å². The van der Waals surface area contributed by atoms with Crippen molar-refractivity contribution in [3.63, 3.8) is 0 Å². The van der Waals surface area contributed by atoms with E-state index >= 15 is 0 Å². The predicted molar refractivity (Wildman–Crippen MR) is 65.6 cm³/mol. The molecule has 0 saturated carbocycles. The number of hydrogen-bond acceptors (Lipinski definition) is 4. The van der Waals surface area contributed by atoms with E-state index in [-0.39, 0.29) is 12.1 Å². The monoisotopic (exact) mass is 240 g/mol. The van der Waals surface area contributed by atoms with Gasteiger partial charge in [0.05, 0.1) is 18.8 Å². The van der Waals surface area contributed by atoms with Crippen LogP contribution in [0, 0.1) is 0 Å². The van der Waals surface area contributed by atoms with E-state index < -0.39 is 0 Å². The molecule has 0 fully saturated rings. The highest BCUT2D eigenvalue weighted by Crippen LogP contribution is 2.14. The Kier molecular flexibility index (Phi) is 5.35. The number of esters is 1. The molecule has 88 valence electrons. The standard InChI is InChI=1S/C12H16O3S/c1-9(13)7-16-8-10-3-5-11(6-4-10)12(14)15-2/h3-6,9,13H,7-8H2,1-2H3. The molecule has 0 saturated heterocycles. The van der Waals surface area contributed by atoms with E-state index in [0.29, 0.717) is 5.56 Å². The van der Waals surface area contributed by atoms with Gasteiger partial charge in [0.15, 0.2) is 0 Å². The molecule has 0 aliphatic rings. The zero-order valence-corrected chi connectivity index (χ0v) is 10.3. The summed E-state index contributed by atoms with van der Waals surface area (Å²) in [4.78, 5) is 11.2. The zero-order valence-electron chi connectivity index (χ0n) is 9.47. The van der Waals surface area contributed by atoms with Crippen molar-refractivity contribution in [3.8, 4) is 0 Å². The average molecular weight is 240 g/mol. The van der Waals surface area contributed by atoms with E-state index in [2.05, 4.69) is 4.74 Å². The minimum Gasteiger partial charge on any atom is -0.465 e. The van der Waals surface area contributed by atoms with Gasteiger partial charge in [-0.1, -0.05) is 12.1 Å². The molecule has 0 heterocycles. The molecule has 0 amide bonds. The van der Waals surface area contributed by atoms with Crippen LogP contribution in [0.3, 0.4) is 0 Å². The summed E-state index contributed by atoms with van der Waals surface area (Å²) < 4.78 is 4.61. The third-order valence-electron chi connectivity index (χ3n) is 2.00. The molecule has 1 atom stereocenters. The second-order valence-electron chi connectivity index (χ2n) is 3.55. The summed E-state index contributed by atoms with van der Waals surface area (Å²) in [5, 5.41) is 9.10. The highest BCUT2D eigenvalue weighted by molar-refractivity contribution is 7.98. The summed E-state index contributed by atoms with van der Waals surface area (Å²) in [6.45, 7) is 1.77. The number of rotatable bonds is 5. The maximum absolute atomic E-state index is 11.2. The van der Waals surface area contributed by atoms with E-state index in [4.69, 9.17) is 5.11 Å². The first-order valence-corrected chi connectivity index (χ1v) is 6.22. The molecule has 1 unspecified atom stereocenters. The number of benzene rings is 1. The molecular weight excluding hydrogens is 224 g/mol. The molecule has 0 aliphatic carbocycles. The van der Waals surface area contributed by atoms with E-state index in [0.717, 1.165) is 17.1 Å².